The zero-order valence-corrected chi connectivity index (χ0v) is 13.6. The van der Waals surface area contributed by atoms with Crippen LogP contribution in [0.2, 0.25) is 0 Å². The first-order valence-electron chi connectivity index (χ1n) is 7.12. The molecular weight excluding hydrogens is 286 g/mol. The van der Waals surface area contributed by atoms with E-state index >= 15 is 0 Å². The van der Waals surface area contributed by atoms with Gasteiger partial charge in [0.25, 0.3) is 5.91 Å². The molecule has 1 aliphatic heterocycles. The molecule has 21 heavy (non-hydrogen) atoms. The summed E-state index contributed by atoms with van der Waals surface area (Å²) in [7, 11) is 0. The molecule has 7 heteroatoms. The first-order valence-corrected chi connectivity index (χ1v) is 7.94. The van der Waals surface area contributed by atoms with Gasteiger partial charge in [0.05, 0.1) is 17.2 Å². The van der Waals surface area contributed by atoms with E-state index in [0.29, 0.717) is 19.0 Å². The average Bonchev–Trinajstić information content (AvgIpc) is 3.02. The summed E-state index contributed by atoms with van der Waals surface area (Å²) in [5.41, 5.74) is 0.830. The third-order valence-corrected chi connectivity index (χ3v) is 5.17. The summed E-state index contributed by atoms with van der Waals surface area (Å²) in [6.45, 7) is 10.0. The second kappa shape index (κ2) is 5.22. The fourth-order valence-corrected chi connectivity index (χ4v) is 3.52. The number of nitrogens with zero attached hydrogens (tertiary/aromatic N) is 5. The minimum absolute atomic E-state index is 0.0591. The minimum Gasteiger partial charge on any atom is -0.329 e. The lowest BCUT2D eigenvalue weighted by molar-refractivity contribution is 0.0710. The maximum absolute atomic E-state index is 12.7. The van der Waals surface area contributed by atoms with Crippen molar-refractivity contribution in [3.05, 3.63) is 27.2 Å². The highest BCUT2D eigenvalue weighted by molar-refractivity contribution is 7.13. The second-order valence-corrected chi connectivity index (χ2v) is 6.69. The van der Waals surface area contributed by atoms with Crippen molar-refractivity contribution in [2.24, 2.45) is 0 Å². The summed E-state index contributed by atoms with van der Waals surface area (Å²) in [6, 6.07) is 0. The number of carbonyl (C=O) groups is 1. The van der Waals surface area contributed by atoms with Crippen molar-refractivity contribution < 1.29 is 4.79 Å². The second-order valence-electron chi connectivity index (χ2n) is 5.66. The Labute approximate surface area is 127 Å². The molecule has 0 atom stereocenters. The van der Waals surface area contributed by atoms with Gasteiger partial charge in [0.2, 0.25) is 0 Å². The molecule has 1 amide bonds. The monoisotopic (exact) mass is 305 g/mol. The SMILES string of the molecule is Cc1nc(C(C)C)sc1C(=O)N1CCn2c(C)nnc2C1. The molecular formula is C14H19N5OS. The average molecular weight is 305 g/mol. The molecule has 3 heterocycles. The molecule has 2 aromatic heterocycles. The van der Waals surface area contributed by atoms with E-state index in [1.165, 1.54) is 11.3 Å². The molecule has 0 saturated carbocycles. The van der Waals surface area contributed by atoms with Crippen LogP contribution in [0.3, 0.4) is 0 Å². The Morgan fingerprint density at radius 3 is 2.67 bits per heavy atom. The first-order chi connectivity index (χ1) is 9.97. The van der Waals surface area contributed by atoms with Crippen LogP contribution in [-0.4, -0.2) is 37.1 Å². The molecule has 0 unspecified atom stereocenters. The minimum atomic E-state index is 0.0591. The number of aromatic nitrogens is 4. The van der Waals surface area contributed by atoms with E-state index in [4.69, 9.17) is 0 Å². The van der Waals surface area contributed by atoms with Crippen LogP contribution in [0.5, 0.6) is 0 Å². The number of hydrogen-bond acceptors (Lipinski definition) is 5. The fraction of sp³-hybridized carbons (Fsp3) is 0.571. The van der Waals surface area contributed by atoms with Crippen molar-refractivity contribution in [3.63, 3.8) is 0 Å². The van der Waals surface area contributed by atoms with Gasteiger partial charge >= 0.3 is 0 Å². The summed E-state index contributed by atoms with van der Waals surface area (Å²) in [5, 5.41) is 9.24. The molecule has 0 aromatic carbocycles. The molecule has 6 nitrogen and oxygen atoms in total. The van der Waals surface area contributed by atoms with Gasteiger partial charge in [0.1, 0.15) is 10.7 Å². The van der Waals surface area contributed by atoms with Crippen molar-refractivity contribution >= 4 is 17.2 Å². The van der Waals surface area contributed by atoms with E-state index in [-0.39, 0.29) is 5.91 Å². The van der Waals surface area contributed by atoms with Crippen LogP contribution in [0.1, 0.15) is 51.8 Å². The molecule has 0 radical (unpaired) electrons. The number of carbonyl (C=O) groups excluding carboxylic acids is 1. The van der Waals surface area contributed by atoms with Crippen molar-refractivity contribution in [3.8, 4) is 0 Å². The standard InChI is InChI=1S/C14H19N5OS/c1-8(2)13-15-9(3)12(21-13)14(20)18-5-6-19-10(4)16-17-11(19)7-18/h8H,5-7H2,1-4H3. The maximum Gasteiger partial charge on any atom is 0.266 e. The van der Waals surface area contributed by atoms with Gasteiger partial charge in [-0.3, -0.25) is 4.79 Å². The Morgan fingerprint density at radius 2 is 2.00 bits per heavy atom. The fourth-order valence-electron chi connectivity index (χ4n) is 2.48. The van der Waals surface area contributed by atoms with Gasteiger partial charge in [-0.25, -0.2) is 4.98 Å². The predicted octanol–water partition coefficient (Wildman–Crippen LogP) is 2.13. The summed E-state index contributed by atoms with van der Waals surface area (Å²) < 4.78 is 2.07. The van der Waals surface area contributed by atoms with Gasteiger partial charge in [-0.2, -0.15) is 0 Å². The Balaban J connectivity index is 1.83. The highest BCUT2D eigenvalue weighted by atomic mass is 32.1. The van der Waals surface area contributed by atoms with Gasteiger partial charge in [0, 0.05) is 19.0 Å². The zero-order chi connectivity index (χ0) is 15.1. The van der Waals surface area contributed by atoms with Crippen molar-refractivity contribution in [1.82, 2.24) is 24.6 Å². The Morgan fingerprint density at radius 1 is 1.24 bits per heavy atom. The van der Waals surface area contributed by atoms with Crippen LogP contribution >= 0.6 is 11.3 Å². The van der Waals surface area contributed by atoms with Crippen molar-refractivity contribution in [2.75, 3.05) is 6.54 Å². The number of hydrogen-bond donors (Lipinski definition) is 0. The van der Waals surface area contributed by atoms with E-state index in [2.05, 4.69) is 33.6 Å². The van der Waals surface area contributed by atoms with Crippen LogP contribution in [-0.2, 0) is 13.1 Å². The van der Waals surface area contributed by atoms with E-state index in [1.807, 2.05) is 18.7 Å². The normalized spacial score (nSPS) is 14.6. The van der Waals surface area contributed by atoms with Crippen LogP contribution in [0.25, 0.3) is 0 Å². The number of thiazole rings is 1. The van der Waals surface area contributed by atoms with Crippen LogP contribution < -0.4 is 0 Å². The van der Waals surface area contributed by atoms with Gasteiger partial charge in [-0.05, 0) is 13.8 Å². The molecule has 0 aliphatic carbocycles. The van der Waals surface area contributed by atoms with Crippen molar-refractivity contribution in [2.45, 2.75) is 46.7 Å². The molecule has 1 aliphatic rings. The molecule has 0 fully saturated rings. The van der Waals surface area contributed by atoms with Crippen LogP contribution in [0.15, 0.2) is 0 Å². The van der Waals surface area contributed by atoms with Crippen molar-refractivity contribution in [1.29, 1.82) is 0 Å². The zero-order valence-electron chi connectivity index (χ0n) is 12.8. The van der Waals surface area contributed by atoms with E-state index in [1.54, 1.807) is 0 Å². The summed E-state index contributed by atoms with van der Waals surface area (Å²) >= 11 is 1.51. The highest BCUT2D eigenvalue weighted by Crippen LogP contribution is 2.26. The third-order valence-electron chi connectivity index (χ3n) is 3.73. The summed E-state index contributed by atoms with van der Waals surface area (Å²) in [5.74, 6) is 2.18. The smallest absolute Gasteiger partial charge is 0.266 e. The maximum atomic E-state index is 12.7. The number of aryl methyl sites for hydroxylation is 2. The molecule has 2 aromatic rings. The Kier molecular flexibility index (Phi) is 3.52. The quantitative estimate of drug-likeness (QED) is 0.852. The van der Waals surface area contributed by atoms with Crippen LogP contribution in [0, 0.1) is 13.8 Å². The topological polar surface area (TPSA) is 63.9 Å². The molecule has 0 spiro atoms. The lowest BCUT2D eigenvalue weighted by Gasteiger charge is -2.27. The molecule has 3 rings (SSSR count). The molecule has 0 N–H and O–H groups in total. The van der Waals surface area contributed by atoms with E-state index in [9.17, 15) is 4.79 Å². The molecule has 0 saturated heterocycles. The number of rotatable bonds is 2. The lowest BCUT2D eigenvalue weighted by atomic mass is 10.2. The van der Waals surface area contributed by atoms with Gasteiger partial charge in [0.15, 0.2) is 5.82 Å². The summed E-state index contributed by atoms with van der Waals surface area (Å²) in [6.07, 6.45) is 0. The molecule has 0 bridgehead atoms. The predicted molar refractivity (Wildman–Crippen MR) is 80.4 cm³/mol. The Hall–Kier alpha value is -1.76. The van der Waals surface area contributed by atoms with Gasteiger partial charge in [-0.15, -0.1) is 21.5 Å². The van der Waals surface area contributed by atoms with E-state index in [0.717, 1.165) is 33.8 Å². The third kappa shape index (κ3) is 2.46. The van der Waals surface area contributed by atoms with E-state index < -0.39 is 0 Å². The number of amides is 1. The first kappa shape index (κ1) is 14.2. The van der Waals surface area contributed by atoms with Gasteiger partial charge < -0.3 is 9.47 Å². The summed E-state index contributed by atoms with van der Waals surface area (Å²) in [4.78, 5) is 19.8. The number of fused-ring (bicyclic) bond motifs is 1. The highest BCUT2D eigenvalue weighted by Gasteiger charge is 2.27. The molecule has 112 valence electrons. The lowest BCUT2D eigenvalue weighted by Crippen LogP contribution is -2.38. The van der Waals surface area contributed by atoms with Crippen LogP contribution in [0.4, 0.5) is 0 Å². The van der Waals surface area contributed by atoms with Gasteiger partial charge in [-0.1, -0.05) is 13.8 Å². The largest absolute Gasteiger partial charge is 0.329 e. The Bertz CT molecular complexity index is 688.